The predicted molar refractivity (Wildman–Crippen MR) is 19.1 cm³/mol. The Morgan fingerprint density at radius 3 is 0.714 bits per heavy atom. The minimum absolute atomic E-state index is 0. The Hall–Kier alpha value is 1.19. The van der Waals surface area contributed by atoms with Crippen LogP contribution in [0, 0.1) is 0 Å². The average Bonchev–Trinajstić information content (AvgIpc) is 1.50. The third kappa shape index (κ3) is 137. The zero-order chi connectivity index (χ0) is 4.00. The average molecular weight is 122 g/mol. The third-order valence-corrected chi connectivity index (χ3v) is 0. The molecule has 0 spiro atoms. The molecule has 0 unspecified atom stereocenters. The summed E-state index contributed by atoms with van der Waals surface area (Å²) < 4.78 is 16.6. The maximum Gasteiger partial charge on any atom is 1.00 e. The van der Waals surface area contributed by atoms with Crippen molar-refractivity contribution in [1.82, 2.24) is 0 Å². The van der Waals surface area contributed by atoms with Crippen LogP contribution in [0.15, 0.2) is 0 Å². The van der Waals surface area contributed by atoms with Crippen LogP contribution in [0.3, 0.4) is 0 Å². The Bertz CT molecular complexity index is 12.9. The number of hydrogen-bond donors (Lipinski definition) is 0. The van der Waals surface area contributed by atoms with E-state index in [1.165, 1.54) is 0 Å². The second kappa shape index (κ2) is 195. The Morgan fingerprint density at radius 2 is 0.714 bits per heavy atom. The predicted octanol–water partition coefficient (Wildman–Crippen LogP) is -8.18. The van der Waals surface area contributed by atoms with Crippen LogP contribution >= 0.6 is 0 Å². The molecule has 0 aromatic rings. The van der Waals surface area contributed by atoms with E-state index in [-0.39, 0.29) is 43.2 Å². The van der Waals surface area contributed by atoms with Gasteiger partial charge in [0.05, 0.1) is 0 Å². The van der Waals surface area contributed by atoms with Crippen molar-refractivity contribution in [1.29, 1.82) is 0 Å². The maximum absolute atomic E-state index is 8.28. The quantitative estimate of drug-likeness (QED) is 0.299. The van der Waals surface area contributed by atoms with Gasteiger partial charge < -0.3 is 14.4 Å². The molecule has 0 aliphatic heterocycles. The van der Waals surface area contributed by atoms with Gasteiger partial charge in [0.1, 0.15) is 0 Å². The van der Waals surface area contributed by atoms with E-state index < -0.39 is 0 Å². The van der Waals surface area contributed by atoms with Gasteiger partial charge in [-0.3, -0.25) is 0 Å². The second-order valence-corrected chi connectivity index (χ2v) is 0. The molecule has 3 nitrogen and oxygen atoms in total. The Kier molecular flexibility index (Phi) is 1160. The monoisotopic (exact) mass is 122 g/mol. The summed E-state index contributed by atoms with van der Waals surface area (Å²) >= 11 is 0. The molecule has 0 saturated heterocycles. The summed E-state index contributed by atoms with van der Waals surface area (Å²) in [6, 6.07) is 0. The van der Waals surface area contributed by atoms with E-state index in [4.69, 9.17) is 8.92 Å². The van der Waals surface area contributed by atoms with Gasteiger partial charge in [0.15, 0.2) is 0 Å². The summed E-state index contributed by atoms with van der Waals surface area (Å²) in [6.45, 7) is 0. The van der Waals surface area contributed by atoms with Gasteiger partial charge in [0.2, 0.25) is 20.3 Å². The normalized spacial score (nSPS) is 1.14. The zero-order valence-electron chi connectivity index (χ0n) is 4.64. The van der Waals surface area contributed by atoms with Crippen molar-refractivity contribution < 1.29 is 52.1 Å². The molecule has 7 heteroatoms. The van der Waals surface area contributed by atoms with Gasteiger partial charge in [-0.1, -0.05) is 0 Å². The van der Waals surface area contributed by atoms with Gasteiger partial charge in [-0.25, -0.2) is 0 Å². The molecule has 0 atom stereocenters. The van der Waals surface area contributed by atoms with E-state index in [2.05, 4.69) is 0 Å². The molecule has 32 valence electrons. The molecular weight excluding hydrogens is 118 g/mol. The summed E-state index contributed by atoms with van der Waals surface area (Å²) in [4.78, 5) is 0. The van der Waals surface area contributed by atoms with Gasteiger partial charge in [0, 0.05) is 0 Å². The fourth-order valence-corrected chi connectivity index (χ4v) is 0. The van der Waals surface area contributed by atoms with Crippen molar-refractivity contribution in [2.45, 2.75) is 0 Å². The first-order valence-electron chi connectivity index (χ1n) is 0.577. The first-order chi connectivity index (χ1) is 2.00. The van der Waals surface area contributed by atoms with Gasteiger partial charge >= 0.3 is 37.7 Å². The minimum Gasteiger partial charge on any atom is -2.00 e. The third-order valence-electron chi connectivity index (χ3n) is 0. The van der Waals surface area contributed by atoms with Crippen LogP contribution < -0.4 is 37.7 Å². The fraction of sp³-hybridized carbons (Fsp3) is 0. The smallest absolute Gasteiger partial charge is 1.00 e. The van der Waals surface area contributed by atoms with Crippen molar-refractivity contribution in [3.05, 3.63) is 0 Å². The van der Waals surface area contributed by atoms with Crippen molar-refractivity contribution in [2.75, 3.05) is 0 Å². The van der Waals surface area contributed by atoms with Crippen LogP contribution in [-0.2, 0) is 14.4 Å². The Labute approximate surface area is 72.3 Å². The van der Waals surface area contributed by atoms with E-state index in [1.54, 1.807) is 0 Å². The van der Waals surface area contributed by atoms with Crippen LogP contribution in [0.25, 0.3) is 0 Å². The van der Waals surface area contributed by atoms with Crippen LogP contribution in [-0.4, -0.2) is 20.3 Å². The maximum atomic E-state index is 8.28. The van der Waals surface area contributed by atoms with Gasteiger partial charge in [-0.2, -0.15) is 0 Å². The zero-order valence-corrected chi connectivity index (χ0v) is 7.47. The molecule has 0 rings (SSSR count). The van der Waals surface area contributed by atoms with Gasteiger partial charge in [-0.15, -0.1) is 0 Å². The standard InChI is InChI=1S/2Li.2H2OSi.O/c;;2*1-2;/h;;2*2H2;/q2*+1;;;-2. The number of hydrogen-bond acceptors (Lipinski definition) is 2. The van der Waals surface area contributed by atoms with E-state index in [1.807, 2.05) is 0 Å². The van der Waals surface area contributed by atoms with E-state index in [9.17, 15) is 0 Å². The molecule has 0 aliphatic rings. The first kappa shape index (κ1) is 41.6. The molecule has 0 bridgehead atoms. The molecule has 0 aromatic carbocycles. The molecule has 7 heavy (non-hydrogen) atoms. The molecule has 0 heterocycles. The van der Waals surface area contributed by atoms with Crippen LogP contribution in [0.5, 0.6) is 0 Å². The van der Waals surface area contributed by atoms with E-state index >= 15 is 0 Å². The van der Waals surface area contributed by atoms with Crippen LogP contribution in [0.1, 0.15) is 0 Å². The molecule has 0 amide bonds. The van der Waals surface area contributed by atoms with Crippen molar-refractivity contribution in [3.63, 3.8) is 0 Å². The Morgan fingerprint density at radius 1 is 0.714 bits per heavy atom. The summed E-state index contributed by atoms with van der Waals surface area (Å²) in [5, 5.41) is 0. The van der Waals surface area contributed by atoms with Crippen LogP contribution in [0.4, 0.5) is 0 Å². The molecule has 0 N–H and O–H groups in total. The molecule has 0 aliphatic carbocycles. The Balaban J connectivity index is -0.00000000267. The molecule has 0 radical (unpaired) electrons. The summed E-state index contributed by atoms with van der Waals surface area (Å²) in [5.41, 5.74) is 0. The summed E-state index contributed by atoms with van der Waals surface area (Å²) in [5.74, 6) is 0. The van der Waals surface area contributed by atoms with Crippen LogP contribution in [0.2, 0.25) is 0 Å². The minimum atomic E-state index is 0. The van der Waals surface area contributed by atoms with Crippen molar-refractivity contribution in [2.24, 2.45) is 0 Å². The molecule has 0 saturated carbocycles. The van der Waals surface area contributed by atoms with Gasteiger partial charge in [-0.05, 0) is 0 Å². The summed E-state index contributed by atoms with van der Waals surface area (Å²) in [7, 11) is 1.22. The molecule has 0 aromatic heterocycles. The number of rotatable bonds is 0. The SMILES string of the molecule is O=[SiH2].O=[SiH2].[Li+].[Li+].[O-2]. The molecular formula is H4Li2O3Si2. The topological polar surface area (TPSA) is 62.6 Å². The van der Waals surface area contributed by atoms with Crippen molar-refractivity contribution in [3.8, 4) is 0 Å². The summed E-state index contributed by atoms with van der Waals surface area (Å²) in [6.07, 6.45) is 0. The van der Waals surface area contributed by atoms with Crippen molar-refractivity contribution >= 4 is 20.3 Å². The van der Waals surface area contributed by atoms with E-state index in [0.29, 0.717) is 20.3 Å². The second-order valence-electron chi connectivity index (χ2n) is 0. The largest absolute Gasteiger partial charge is 2.00 e. The van der Waals surface area contributed by atoms with Gasteiger partial charge in [0.25, 0.3) is 0 Å². The van der Waals surface area contributed by atoms with E-state index in [0.717, 1.165) is 0 Å². The first-order valence-corrected chi connectivity index (χ1v) is 1.73. The molecule has 0 fully saturated rings. The fourth-order valence-electron chi connectivity index (χ4n) is 0.